The van der Waals surface area contributed by atoms with Gasteiger partial charge in [0.1, 0.15) is 11.8 Å². The molecule has 0 aliphatic rings. The molecule has 2 aromatic carbocycles. The fourth-order valence-electron chi connectivity index (χ4n) is 2.91. The topological polar surface area (TPSA) is 58.6 Å². The van der Waals surface area contributed by atoms with E-state index in [0.717, 1.165) is 23.3 Å². The van der Waals surface area contributed by atoms with Crippen molar-refractivity contribution in [3.8, 4) is 5.75 Å². The normalized spacial score (nSPS) is 11.6. The molecule has 0 unspecified atom stereocenters. The highest BCUT2D eigenvalue weighted by molar-refractivity contribution is 7.99. The molecule has 0 aromatic heterocycles. The smallest absolute Gasteiger partial charge is 0.242 e. The molecule has 0 radical (unpaired) electrons. The number of thioether (sulfide) groups is 1. The van der Waals surface area contributed by atoms with Gasteiger partial charge in [0.2, 0.25) is 11.8 Å². The summed E-state index contributed by atoms with van der Waals surface area (Å²) in [6, 6.07) is 14.6. The zero-order chi connectivity index (χ0) is 21.9. The number of halogens is 1. The molecule has 2 rings (SSSR count). The molecule has 0 spiro atoms. The van der Waals surface area contributed by atoms with Crippen LogP contribution in [-0.2, 0) is 21.9 Å². The minimum Gasteiger partial charge on any atom is -0.497 e. The van der Waals surface area contributed by atoms with Crippen molar-refractivity contribution in [3.05, 3.63) is 64.7 Å². The lowest BCUT2D eigenvalue weighted by molar-refractivity contribution is -0.138. The lowest BCUT2D eigenvalue weighted by Crippen LogP contribution is -2.48. The highest BCUT2D eigenvalue weighted by Crippen LogP contribution is 2.20. The van der Waals surface area contributed by atoms with Crippen LogP contribution in [0, 0.1) is 0 Å². The molecule has 0 bridgehead atoms. The predicted octanol–water partition coefficient (Wildman–Crippen LogP) is 4.53. The van der Waals surface area contributed by atoms with Gasteiger partial charge in [-0.1, -0.05) is 42.8 Å². The number of benzene rings is 2. The molecule has 2 amide bonds. The number of amides is 2. The highest BCUT2D eigenvalue weighted by atomic mass is 35.5. The second-order valence-corrected chi connectivity index (χ2v) is 8.38. The molecule has 30 heavy (non-hydrogen) atoms. The van der Waals surface area contributed by atoms with Gasteiger partial charge in [-0.25, -0.2) is 0 Å². The largest absolute Gasteiger partial charge is 0.497 e. The number of carbonyl (C=O) groups excluding carboxylic acids is 2. The zero-order valence-corrected chi connectivity index (χ0v) is 19.3. The molecule has 162 valence electrons. The average Bonchev–Trinajstić information content (AvgIpc) is 2.75. The van der Waals surface area contributed by atoms with E-state index in [0.29, 0.717) is 23.9 Å². The van der Waals surface area contributed by atoms with E-state index in [1.54, 1.807) is 18.9 Å². The third kappa shape index (κ3) is 7.58. The van der Waals surface area contributed by atoms with E-state index in [1.807, 2.05) is 55.5 Å². The second kappa shape index (κ2) is 12.5. The molecule has 0 aliphatic heterocycles. The van der Waals surface area contributed by atoms with Crippen LogP contribution in [0.3, 0.4) is 0 Å². The maximum atomic E-state index is 13.0. The predicted molar refractivity (Wildman–Crippen MR) is 124 cm³/mol. The SMILES string of the molecule is CCCNC(=O)[C@@H](C)N(Cc1cccc(OC)c1)C(=O)CSCc1cccc(Cl)c1. The molecule has 0 fully saturated rings. The van der Waals surface area contributed by atoms with E-state index < -0.39 is 6.04 Å². The minimum atomic E-state index is -0.568. The summed E-state index contributed by atoms with van der Waals surface area (Å²) in [6.45, 7) is 4.70. The number of hydrogen-bond acceptors (Lipinski definition) is 4. The first-order chi connectivity index (χ1) is 14.4. The summed E-state index contributed by atoms with van der Waals surface area (Å²) >= 11 is 7.54. The van der Waals surface area contributed by atoms with Crippen LogP contribution in [-0.4, -0.2) is 42.2 Å². The standard InChI is InChI=1S/C23H29ClN2O3S/c1-4-11-25-23(28)17(2)26(14-18-7-6-10-21(13-18)29-3)22(27)16-30-15-19-8-5-9-20(24)12-19/h5-10,12-13,17H,4,11,14-16H2,1-3H3,(H,25,28)/t17-/m1/s1. The lowest BCUT2D eigenvalue weighted by atomic mass is 10.1. The summed E-state index contributed by atoms with van der Waals surface area (Å²) in [5.74, 6) is 1.45. The first kappa shape index (κ1) is 24.1. The van der Waals surface area contributed by atoms with Crippen LogP contribution in [0.5, 0.6) is 5.75 Å². The van der Waals surface area contributed by atoms with Crippen molar-refractivity contribution >= 4 is 35.2 Å². The van der Waals surface area contributed by atoms with Gasteiger partial charge in [-0.2, -0.15) is 0 Å². The molecule has 5 nitrogen and oxygen atoms in total. The van der Waals surface area contributed by atoms with Crippen LogP contribution in [0.4, 0.5) is 0 Å². The van der Waals surface area contributed by atoms with Crippen LogP contribution in [0.25, 0.3) is 0 Å². The Hall–Kier alpha value is -2.18. The molecule has 7 heteroatoms. The number of methoxy groups -OCH3 is 1. The van der Waals surface area contributed by atoms with Crippen LogP contribution in [0.2, 0.25) is 5.02 Å². The Bertz CT molecular complexity index is 847. The van der Waals surface area contributed by atoms with Crippen molar-refractivity contribution in [3.63, 3.8) is 0 Å². The molecule has 0 saturated heterocycles. The Morgan fingerprint density at radius 3 is 2.60 bits per heavy atom. The van der Waals surface area contributed by atoms with Crippen LogP contribution in [0.1, 0.15) is 31.4 Å². The molecule has 1 atom stereocenters. The maximum Gasteiger partial charge on any atom is 0.242 e. The highest BCUT2D eigenvalue weighted by Gasteiger charge is 2.25. The van der Waals surface area contributed by atoms with E-state index in [4.69, 9.17) is 16.3 Å². The number of ether oxygens (including phenoxy) is 1. The molecule has 2 aromatic rings. The number of rotatable bonds is 11. The second-order valence-electron chi connectivity index (χ2n) is 6.96. The quantitative estimate of drug-likeness (QED) is 0.548. The molecule has 0 saturated carbocycles. The summed E-state index contributed by atoms with van der Waals surface area (Å²) in [4.78, 5) is 27.2. The average molecular weight is 449 g/mol. The van der Waals surface area contributed by atoms with Gasteiger partial charge in [0.15, 0.2) is 0 Å². The molecule has 0 aliphatic carbocycles. The van der Waals surface area contributed by atoms with Crippen molar-refractivity contribution in [1.82, 2.24) is 10.2 Å². The Balaban J connectivity index is 2.08. The summed E-state index contributed by atoms with van der Waals surface area (Å²) < 4.78 is 5.28. The van der Waals surface area contributed by atoms with Crippen LogP contribution >= 0.6 is 23.4 Å². The third-order valence-electron chi connectivity index (χ3n) is 4.59. The maximum absolute atomic E-state index is 13.0. The van der Waals surface area contributed by atoms with Gasteiger partial charge >= 0.3 is 0 Å². The van der Waals surface area contributed by atoms with E-state index >= 15 is 0 Å². The fourth-order valence-corrected chi connectivity index (χ4v) is 3.98. The number of nitrogens with one attached hydrogen (secondary N) is 1. The van der Waals surface area contributed by atoms with Crippen molar-refractivity contribution in [2.75, 3.05) is 19.4 Å². The van der Waals surface area contributed by atoms with Crippen LogP contribution in [0.15, 0.2) is 48.5 Å². The van der Waals surface area contributed by atoms with Gasteiger partial charge in [-0.3, -0.25) is 9.59 Å². The van der Waals surface area contributed by atoms with Gasteiger partial charge in [0.05, 0.1) is 12.9 Å². The number of carbonyl (C=O) groups is 2. The van der Waals surface area contributed by atoms with Crippen LogP contribution < -0.4 is 10.1 Å². The Morgan fingerprint density at radius 1 is 1.17 bits per heavy atom. The molecular weight excluding hydrogens is 420 g/mol. The van der Waals surface area contributed by atoms with Gasteiger partial charge in [-0.15, -0.1) is 11.8 Å². The summed E-state index contributed by atoms with van der Waals surface area (Å²) in [5.41, 5.74) is 1.98. The third-order valence-corrected chi connectivity index (χ3v) is 5.81. The summed E-state index contributed by atoms with van der Waals surface area (Å²) in [5, 5.41) is 3.57. The molecular formula is C23H29ClN2O3S. The van der Waals surface area contributed by atoms with Gasteiger partial charge < -0.3 is 15.0 Å². The van der Waals surface area contributed by atoms with Crippen molar-refractivity contribution in [2.45, 2.75) is 38.6 Å². The van der Waals surface area contributed by atoms with Crippen molar-refractivity contribution in [1.29, 1.82) is 0 Å². The van der Waals surface area contributed by atoms with E-state index in [9.17, 15) is 9.59 Å². The monoisotopic (exact) mass is 448 g/mol. The summed E-state index contributed by atoms with van der Waals surface area (Å²) in [6.07, 6.45) is 0.845. The van der Waals surface area contributed by atoms with E-state index in [2.05, 4.69) is 5.32 Å². The fraction of sp³-hybridized carbons (Fsp3) is 0.391. The van der Waals surface area contributed by atoms with Gasteiger partial charge in [0, 0.05) is 23.9 Å². The Kier molecular flexibility index (Phi) is 10.0. The minimum absolute atomic E-state index is 0.0796. The number of nitrogens with zero attached hydrogens (tertiary/aromatic N) is 1. The summed E-state index contributed by atoms with van der Waals surface area (Å²) in [7, 11) is 1.61. The molecule has 0 heterocycles. The van der Waals surface area contributed by atoms with Gasteiger partial charge in [0.25, 0.3) is 0 Å². The van der Waals surface area contributed by atoms with Crippen molar-refractivity contribution in [2.24, 2.45) is 0 Å². The first-order valence-corrected chi connectivity index (χ1v) is 11.5. The zero-order valence-electron chi connectivity index (χ0n) is 17.7. The Labute approximate surface area is 188 Å². The Morgan fingerprint density at radius 2 is 1.90 bits per heavy atom. The lowest BCUT2D eigenvalue weighted by Gasteiger charge is -2.29. The molecule has 1 N–H and O–H groups in total. The van der Waals surface area contributed by atoms with Crippen molar-refractivity contribution < 1.29 is 14.3 Å². The van der Waals surface area contributed by atoms with E-state index in [1.165, 1.54) is 11.8 Å². The first-order valence-electron chi connectivity index (χ1n) is 9.97. The number of hydrogen-bond donors (Lipinski definition) is 1. The van der Waals surface area contributed by atoms with Gasteiger partial charge in [-0.05, 0) is 48.7 Å². The van der Waals surface area contributed by atoms with E-state index in [-0.39, 0.29) is 17.6 Å².